The first kappa shape index (κ1) is 19.5. The average Bonchev–Trinajstić information content (AvgIpc) is 3.37. The molecule has 1 aliphatic heterocycles. The van der Waals surface area contributed by atoms with E-state index in [9.17, 15) is 14.7 Å². The fraction of sp³-hybridized carbons (Fsp3) is 0.455. The molecular formula is C22H27N3O4. The molecular weight excluding hydrogens is 370 g/mol. The molecule has 4 atom stereocenters. The summed E-state index contributed by atoms with van der Waals surface area (Å²) < 4.78 is 5.02. The van der Waals surface area contributed by atoms with E-state index in [4.69, 9.17) is 4.42 Å². The first-order chi connectivity index (χ1) is 13.9. The maximum atomic E-state index is 12.7. The zero-order valence-corrected chi connectivity index (χ0v) is 16.7. The Labute approximate surface area is 170 Å². The quantitative estimate of drug-likeness (QED) is 0.824. The number of rotatable bonds is 4. The summed E-state index contributed by atoms with van der Waals surface area (Å²) in [4.78, 5) is 29.1. The summed E-state index contributed by atoms with van der Waals surface area (Å²) in [7, 11) is 3.86. The summed E-state index contributed by atoms with van der Waals surface area (Å²) >= 11 is 0. The van der Waals surface area contributed by atoms with Crippen LogP contribution in [-0.2, 0) is 0 Å². The van der Waals surface area contributed by atoms with Gasteiger partial charge in [0.05, 0.1) is 24.0 Å². The summed E-state index contributed by atoms with van der Waals surface area (Å²) in [5, 5.41) is 13.6. The summed E-state index contributed by atoms with van der Waals surface area (Å²) in [6.45, 7) is 1.28. The third kappa shape index (κ3) is 4.00. The number of likely N-dealkylation sites (tertiary alicyclic amines) is 1. The molecule has 2 N–H and O–H groups in total. The topological polar surface area (TPSA) is 86.0 Å². The first-order valence-corrected chi connectivity index (χ1v) is 10.00. The van der Waals surface area contributed by atoms with Crippen LogP contribution in [0, 0.1) is 11.8 Å². The molecule has 2 aliphatic rings. The third-order valence-electron chi connectivity index (χ3n) is 6.14. The molecule has 4 rings (SSSR count). The molecule has 1 aromatic heterocycles. The Bertz CT molecular complexity index is 880. The lowest BCUT2D eigenvalue weighted by atomic mass is 9.77. The zero-order valence-electron chi connectivity index (χ0n) is 16.7. The van der Waals surface area contributed by atoms with Gasteiger partial charge in [-0.15, -0.1) is 0 Å². The number of benzene rings is 1. The van der Waals surface area contributed by atoms with Crippen molar-refractivity contribution in [3.05, 3.63) is 54.0 Å². The minimum absolute atomic E-state index is 0.0382. The minimum atomic E-state index is -0.610. The van der Waals surface area contributed by atoms with Gasteiger partial charge >= 0.3 is 0 Å². The highest BCUT2D eigenvalue weighted by Crippen LogP contribution is 2.37. The van der Waals surface area contributed by atoms with Gasteiger partial charge in [-0.2, -0.15) is 0 Å². The number of hydrogen-bond donors (Lipinski definition) is 2. The van der Waals surface area contributed by atoms with E-state index in [1.165, 1.54) is 12.5 Å². The fourth-order valence-electron chi connectivity index (χ4n) is 4.50. The van der Waals surface area contributed by atoms with Crippen molar-refractivity contribution in [3.8, 4) is 0 Å². The van der Waals surface area contributed by atoms with E-state index < -0.39 is 6.10 Å². The van der Waals surface area contributed by atoms with Crippen LogP contribution in [0.4, 0.5) is 5.69 Å². The van der Waals surface area contributed by atoms with E-state index in [0.717, 1.165) is 5.69 Å². The molecule has 2 aromatic rings. The van der Waals surface area contributed by atoms with Crippen molar-refractivity contribution in [2.75, 3.05) is 32.1 Å². The number of fused-ring (bicyclic) bond motifs is 1. The monoisotopic (exact) mass is 397 g/mol. The largest absolute Gasteiger partial charge is 0.472 e. The van der Waals surface area contributed by atoms with Crippen LogP contribution in [0.5, 0.6) is 0 Å². The molecule has 1 aromatic carbocycles. The predicted molar refractivity (Wildman–Crippen MR) is 109 cm³/mol. The van der Waals surface area contributed by atoms with Crippen molar-refractivity contribution in [1.82, 2.24) is 10.2 Å². The molecule has 2 heterocycles. The Morgan fingerprint density at radius 1 is 1.14 bits per heavy atom. The van der Waals surface area contributed by atoms with Gasteiger partial charge in [-0.05, 0) is 48.9 Å². The molecule has 0 unspecified atom stereocenters. The molecule has 2 fully saturated rings. The number of carbonyl (C=O) groups excluding carboxylic acids is 2. The molecule has 2 amide bonds. The second-order valence-corrected chi connectivity index (χ2v) is 8.31. The number of furan rings is 1. The van der Waals surface area contributed by atoms with Gasteiger partial charge in [0.25, 0.3) is 11.8 Å². The summed E-state index contributed by atoms with van der Waals surface area (Å²) in [6.07, 6.45) is 3.60. The van der Waals surface area contributed by atoms with E-state index in [2.05, 4.69) is 5.32 Å². The Morgan fingerprint density at radius 3 is 2.59 bits per heavy atom. The van der Waals surface area contributed by atoms with E-state index in [0.29, 0.717) is 37.1 Å². The van der Waals surface area contributed by atoms with Crippen LogP contribution in [0.3, 0.4) is 0 Å². The van der Waals surface area contributed by atoms with Crippen LogP contribution < -0.4 is 10.2 Å². The van der Waals surface area contributed by atoms with Gasteiger partial charge in [-0.3, -0.25) is 9.59 Å². The number of amides is 2. The van der Waals surface area contributed by atoms with Gasteiger partial charge in [0.2, 0.25) is 0 Å². The number of aliphatic hydroxyl groups is 1. The number of nitrogens with one attached hydrogen (secondary N) is 1. The van der Waals surface area contributed by atoms with Crippen molar-refractivity contribution >= 4 is 17.5 Å². The van der Waals surface area contributed by atoms with E-state index in [-0.39, 0.29) is 29.7 Å². The van der Waals surface area contributed by atoms with E-state index >= 15 is 0 Å². The first-order valence-electron chi connectivity index (χ1n) is 10.00. The Kier molecular flexibility index (Phi) is 5.32. The Hall–Kier alpha value is -2.80. The standard InChI is InChI=1S/C22H27N3O4/c1-24(2)18-5-3-4-14(8-18)21(27)23-19-9-16-11-25(12-17(16)10-20(19)26)22(28)15-6-7-29-13-15/h3-8,13,16-17,19-20,26H,9-12H2,1-2H3,(H,23,27)/t16-,17+,19-,20-/m0/s1. The minimum Gasteiger partial charge on any atom is -0.472 e. The molecule has 1 aliphatic carbocycles. The lowest BCUT2D eigenvalue weighted by Gasteiger charge is -2.35. The highest BCUT2D eigenvalue weighted by atomic mass is 16.3. The smallest absolute Gasteiger partial charge is 0.257 e. The van der Waals surface area contributed by atoms with Gasteiger partial charge in [-0.1, -0.05) is 6.07 Å². The van der Waals surface area contributed by atoms with E-state index in [1.54, 1.807) is 12.1 Å². The van der Waals surface area contributed by atoms with Crippen molar-refractivity contribution < 1.29 is 19.1 Å². The molecule has 0 radical (unpaired) electrons. The second kappa shape index (κ2) is 7.91. The van der Waals surface area contributed by atoms with Gasteiger partial charge in [-0.25, -0.2) is 0 Å². The van der Waals surface area contributed by atoms with Gasteiger partial charge in [0, 0.05) is 38.4 Å². The lowest BCUT2D eigenvalue weighted by Crippen LogP contribution is -2.49. The Morgan fingerprint density at radius 2 is 1.90 bits per heavy atom. The van der Waals surface area contributed by atoms with Crippen LogP contribution in [0.15, 0.2) is 47.3 Å². The number of hydrogen-bond acceptors (Lipinski definition) is 5. The Balaban J connectivity index is 1.40. The maximum absolute atomic E-state index is 12.7. The SMILES string of the molecule is CN(C)c1cccc(C(=O)N[C@H]2C[C@H]3CN(C(=O)c4ccoc4)C[C@H]3C[C@@H]2O)c1. The average molecular weight is 397 g/mol. The molecule has 29 heavy (non-hydrogen) atoms. The predicted octanol–water partition coefficient (Wildman–Crippen LogP) is 1.99. The zero-order chi connectivity index (χ0) is 20.5. The molecule has 7 nitrogen and oxygen atoms in total. The van der Waals surface area contributed by atoms with Crippen LogP contribution in [0.2, 0.25) is 0 Å². The summed E-state index contributed by atoms with van der Waals surface area (Å²) in [5.74, 6) is 0.308. The lowest BCUT2D eigenvalue weighted by molar-refractivity contribution is 0.0461. The highest BCUT2D eigenvalue weighted by Gasteiger charge is 2.43. The molecule has 7 heteroatoms. The molecule has 154 valence electrons. The van der Waals surface area contributed by atoms with E-state index in [1.807, 2.05) is 42.1 Å². The number of carbonyl (C=O) groups is 2. The normalized spacial score (nSPS) is 26.1. The van der Waals surface area contributed by atoms with Crippen LogP contribution in [0.25, 0.3) is 0 Å². The van der Waals surface area contributed by atoms with Gasteiger partial charge in [0.15, 0.2) is 0 Å². The molecule has 0 spiro atoms. The highest BCUT2D eigenvalue weighted by molar-refractivity contribution is 5.95. The molecule has 1 saturated carbocycles. The van der Waals surface area contributed by atoms with Gasteiger partial charge < -0.3 is 24.6 Å². The van der Waals surface area contributed by atoms with Crippen molar-refractivity contribution in [1.29, 1.82) is 0 Å². The molecule has 1 saturated heterocycles. The third-order valence-corrected chi connectivity index (χ3v) is 6.14. The van der Waals surface area contributed by atoms with Crippen LogP contribution in [-0.4, -0.2) is 61.2 Å². The molecule has 0 bridgehead atoms. The van der Waals surface area contributed by atoms with Crippen molar-refractivity contribution in [2.45, 2.75) is 25.0 Å². The number of anilines is 1. The van der Waals surface area contributed by atoms with Crippen molar-refractivity contribution in [2.24, 2.45) is 11.8 Å². The summed E-state index contributed by atoms with van der Waals surface area (Å²) in [5.41, 5.74) is 2.08. The van der Waals surface area contributed by atoms with Crippen LogP contribution >= 0.6 is 0 Å². The maximum Gasteiger partial charge on any atom is 0.257 e. The fourth-order valence-corrected chi connectivity index (χ4v) is 4.50. The van der Waals surface area contributed by atoms with Gasteiger partial charge in [0.1, 0.15) is 6.26 Å². The number of aliphatic hydroxyl groups excluding tert-OH is 1. The number of nitrogens with zero attached hydrogens (tertiary/aromatic N) is 2. The van der Waals surface area contributed by atoms with Crippen LogP contribution in [0.1, 0.15) is 33.6 Å². The van der Waals surface area contributed by atoms with Crippen molar-refractivity contribution in [3.63, 3.8) is 0 Å². The summed E-state index contributed by atoms with van der Waals surface area (Å²) in [6, 6.07) is 8.78. The second-order valence-electron chi connectivity index (χ2n) is 8.31.